The molecule has 0 radical (unpaired) electrons. The van der Waals surface area contributed by atoms with Crippen LogP contribution in [0.3, 0.4) is 0 Å². The number of rotatable bonds is 6. The number of nitrogens with zero attached hydrogens (tertiary/aromatic N) is 2. The van der Waals surface area contributed by atoms with Crippen LogP contribution in [0.2, 0.25) is 0 Å². The topological polar surface area (TPSA) is 60.1 Å². The number of guanidine groups is 1. The Balaban J connectivity index is 1.76. The molecule has 0 amide bonds. The van der Waals surface area contributed by atoms with E-state index in [0.717, 1.165) is 45.1 Å². The first-order chi connectivity index (χ1) is 10.6. The van der Waals surface area contributed by atoms with Crippen LogP contribution in [0.15, 0.2) is 29.3 Å². The zero-order chi connectivity index (χ0) is 15.8. The predicted octanol–water partition coefficient (Wildman–Crippen LogP) is 1.91. The summed E-state index contributed by atoms with van der Waals surface area (Å²) < 4.78 is 11.0. The van der Waals surface area contributed by atoms with Gasteiger partial charge in [-0.1, -0.05) is 26.0 Å². The molecule has 1 saturated heterocycles. The van der Waals surface area contributed by atoms with Gasteiger partial charge in [-0.25, -0.2) is 0 Å². The van der Waals surface area contributed by atoms with Gasteiger partial charge < -0.3 is 20.1 Å². The fourth-order valence-corrected chi connectivity index (χ4v) is 2.21. The Morgan fingerprint density at radius 2 is 1.95 bits per heavy atom. The Kier molecular flexibility index (Phi) is 6.52. The number of hydrogen-bond donors (Lipinski definition) is 1. The molecular weight excluding hydrogens is 278 g/mol. The van der Waals surface area contributed by atoms with Crippen LogP contribution in [0.5, 0.6) is 5.75 Å². The predicted molar refractivity (Wildman–Crippen MR) is 89.4 cm³/mol. The second-order valence-corrected chi connectivity index (χ2v) is 5.94. The molecule has 1 aliphatic heterocycles. The molecule has 0 atom stereocenters. The van der Waals surface area contributed by atoms with E-state index in [4.69, 9.17) is 15.2 Å². The first kappa shape index (κ1) is 16.6. The Labute approximate surface area is 133 Å². The van der Waals surface area contributed by atoms with Crippen molar-refractivity contribution in [2.24, 2.45) is 16.6 Å². The number of ether oxygens (including phenoxy) is 2. The smallest absolute Gasteiger partial charge is 0.191 e. The van der Waals surface area contributed by atoms with Crippen LogP contribution in [0.4, 0.5) is 0 Å². The second kappa shape index (κ2) is 8.63. The molecule has 2 N–H and O–H groups in total. The average molecular weight is 305 g/mol. The van der Waals surface area contributed by atoms with Crippen LogP contribution in [-0.4, -0.2) is 50.3 Å². The molecule has 0 aromatic heterocycles. The molecule has 122 valence electrons. The van der Waals surface area contributed by atoms with Gasteiger partial charge in [-0.05, 0) is 30.0 Å². The van der Waals surface area contributed by atoms with Crippen LogP contribution < -0.4 is 10.5 Å². The van der Waals surface area contributed by atoms with Crippen molar-refractivity contribution < 1.29 is 9.47 Å². The summed E-state index contributed by atoms with van der Waals surface area (Å²) in [6, 6.07) is 8.23. The number of aliphatic imine (C=N–C) groups is 1. The Morgan fingerprint density at radius 3 is 2.59 bits per heavy atom. The van der Waals surface area contributed by atoms with E-state index in [0.29, 0.717) is 18.4 Å². The molecule has 0 aliphatic carbocycles. The van der Waals surface area contributed by atoms with Crippen molar-refractivity contribution in [3.63, 3.8) is 0 Å². The van der Waals surface area contributed by atoms with Crippen molar-refractivity contribution in [3.8, 4) is 5.75 Å². The third kappa shape index (κ3) is 5.56. The maximum atomic E-state index is 6.00. The number of nitrogens with two attached hydrogens (primary N) is 1. The van der Waals surface area contributed by atoms with Crippen LogP contribution in [0, 0.1) is 5.92 Å². The molecule has 0 spiro atoms. The van der Waals surface area contributed by atoms with Crippen LogP contribution in [0.1, 0.15) is 19.4 Å². The highest BCUT2D eigenvalue weighted by molar-refractivity contribution is 5.78. The molecule has 0 saturated carbocycles. The summed E-state index contributed by atoms with van der Waals surface area (Å²) in [7, 11) is 0. The van der Waals surface area contributed by atoms with Crippen molar-refractivity contribution in [1.29, 1.82) is 0 Å². The first-order valence-electron chi connectivity index (χ1n) is 7.99. The molecule has 5 nitrogen and oxygen atoms in total. The third-order valence-corrected chi connectivity index (χ3v) is 3.52. The zero-order valence-electron chi connectivity index (χ0n) is 13.6. The van der Waals surface area contributed by atoms with Crippen molar-refractivity contribution in [2.45, 2.75) is 20.3 Å². The van der Waals surface area contributed by atoms with Gasteiger partial charge >= 0.3 is 0 Å². The molecule has 1 aromatic rings. The van der Waals surface area contributed by atoms with E-state index in [2.05, 4.69) is 35.9 Å². The van der Waals surface area contributed by atoms with Gasteiger partial charge in [0.05, 0.1) is 19.8 Å². The van der Waals surface area contributed by atoms with Crippen LogP contribution in [-0.2, 0) is 11.2 Å². The molecule has 0 unspecified atom stereocenters. The fourth-order valence-electron chi connectivity index (χ4n) is 2.21. The van der Waals surface area contributed by atoms with Gasteiger partial charge in [-0.2, -0.15) is 0 Å². The van der Waals surface area contributed by atoms with Crippen molar-refractivity contribution >= 4 is 5.96 Å². The van der Waals surface area contributed by atoms with Gasteiger partial charge in [0, 0.05) is 19.6 Å². The fraction of sp³-hybridized carbons (Fsp3) is 0.588. The monoisotopic (exact) mass is 305 g/mol. The van der Waals surface area contributed by atoms with Crippen molar-refractivity contribution in [2.75, 3.05) is 39.5 Å². The summed E-state index contributed by atoms with van der Waals surface area (Å²) >= 11 is 0. The minimum atomic E-state index is 0.539. The van der Waals surface area contributed by atoms with Crippen LogP contribution in [0.25, 0.3) is 0 Å². The summed E-state index contributed by atoms with van der Waals surface area (Å²) in [5.41, 5.74) is 7.25. The first-order valence-corrected chi connectivity index (χ1v) is 7.99. The van der Waals surface area contributed by atoms with E-state index >= 15 is 0 Å². The quantitative estimate of drug-likeness (QED) is 0.644. The van der Waals surface area contributed by atoms with Gasteiger partial charge in [0.1, 0.15) is 5.75 Å². The summed E-state index contributed by atoms with van der Waals surface area (Å²) in [5.74, 6) is 2.09. The van der Waals surface area contributed by atoms with E-state index in [9.17, 15) is 0 Å². The summed E-state index contributed by atoms with van der Waals surface area (Å²) in [4.78, 5) is 6.53. The van der Waals surface area contributed by atoms with E-state index in [1.807, 2.05) is 12.1 Å². The third-order valence-electron chi connectivity index (χ3n) is 3.52. The second-order valence-electron chi connectivity index (χ2n) is 5.94. The lowest BCUT2D eigenvalue weighted by molar-refractivity contribution is 0.0674. The van der Waals surface area contributed by atoms with Gasteiger partial charge in [0.2, 0.25) is 0 Å². The lowest BCUT2D eigenvalue weighted by Crippen LogP contribution is -2.44. The molecule has 5 heteroatoms. The maximum Gasteiger partial charge on any atom is 0.191 e. The number of benzene rings is 1. The minimum absolute atomic E-state index is 0.539. The summed E-state index contributed by atoms with van der Waals surface area (Å²) in [6.07, 6.45) is 0.884. The SMILES string of the molecule is CC(C)COc1ccc(CCN=C(N)N2CCOCC2)cc1. The van der Waals surface area contributed by atoms with Gasteiger partial charge in [0.25, 0.3) is 0 Å². The molecule has 1 aromatic carbocycles. The van der Waals surface area contributed by atoms with Gasteiger partial charge in [-0.15, -0.1) is 0 Å². The molecule has 22 heavy (non-hydrogen) atoms. The normalized spacial score (nSPS) is 16.1. The lowest BCUT2D eigenvalue weighted by Gasteiger charge is -2.27. The lowest BCUT2D eigenvalue weighted by atomic mass is 10.1. The molecule has 0 bridgehead atoms. The Morgan fingerprint density at radius 1 is 1.27 bits per heavy atom. The van der Waals surface area contributed by atoms with E-state index in [1.165, 1.54) is 5.56 Å². The molecule has 2 rings (SSSR count). The molecule has 1 aliphatic rings. The molecule has 1 fully saturated rings. The number of morpholine rings is 1. The van der Waals surface area contributed by atoms with Gasteiger partial charge in [0.15, 0.2) is 5.96 Å². The van der Waals surface area contributed by atoms with E-state index in [-0.39, 0.29) is 0 Å². The number of hydrogen-bond acceptors (Lipinski definition) is 3. The maximum absolute atomic E-state index is 6.00. The Hall–Kier alpha value is -1.75. The van der Waals surface area contributed by atoms with Crippen molar-refractivity contribution in [3.05, 3.63) is 29.8 Å². The van der Waals surface area contributed by atoms with Crippen molar-refractivity contribution in [1.82, 2.24) is 4.90 Å². The summed E-state index contributed by atoms with van der Waals surface area (Å²) in [5, 5.41) is 0. The minimum Gasteiger partial charge on any atom is -0.493 e. The standard InChI is InChI=1S/C17H27N3O2/c1-14(2)13-22-16-5-3-15(4-6-16)7-8-19-17(18)20-9-11-21-12-10-20/h3-6,14H,7-13H2,1-2H3,(H2,18,19). The zero-order valence-corrected chi connectivity index (χ0v) is 13.6. The highest BCUT2D eigenvalue weighted by atomic mass is 16.5. The molecular formula is C17H27N3O2. The average Bonchev–Trinajstić information content (AvgIpc) is 2.55. The summed E-state index contributed by atoms with van der Waals surface area (Å²) in [6.45, 7) is 8.86. The highest BCUT2D eigenvalue weighted by Gasteiger charge is 2.11. The largest absolute Gasteiger partial charge is 0.493 e. The van der Waals surface area contributed by atoms with Crippen LogP contribution >= 0.6 is 0 Å². The van der Waals surface area contributed by atoms with E-state index < -0.39 is 0 Å². The van der Waals surface area contributed by atoms with E-state index in [1.54, 1.807) is 0 Å². The van der Waals surface area contributed by atoms with Gasteiger partial charge in [-0.3, -0.25) is 4.99 Å². The molecule has 1 heterocycles. The Bertz CT molecular complexity index is 465. The highest BCUT2D eigenvalue weighted by Crippen LogP contribution is 2.13.